The maximum Gasteiger partial charge on any atom is 0.302 e. The van der Waals surface area contributed by atoms with E-state index in [9.17, 15) is 4.79 Å². The van der Waals surface area contributed by atoms with Gasteiger partial charge in [-0.05, 0) is 27.9 Å². The van der Waals surface area contributed by atoms with Crippen LogP contribution < -0.4 is 0 Å². The minimum Gasteiger partial charge on any atom is -0.464 e. The highest BCUT2D eigenvalue weighted by atomic mass is 16.5. The highest BCUT2D eigenvalue weighted by Crippen LogP contribution is 2.09. The maximum absolute atomic E-state index is 10.5. The summed E-state index contributed by atoms with van der Waals surface area (Å²) >= 11 is 0. The Labute approximate surface area is 82.1 Å². The van der Waals surface area contributed by atoms with Crippen molar-refractivity contribution in [3.05, 3.63) is 0 Å². The zero-order valence-corrected chi connectivity index (χ0v) is 9.97. The first kappa shape index (κ1) is 14.9. The Kier molecular flexibility index (Phi) is 7.92. The molecule has 0 aliphatic rings. The number of rotatable bonds is 3. The quantitative estimate of drug-likeness (QED) is 0.635. The summed E-state index contributed by atoms with van der Waals surface area (Å²) in [7, 11) is 3.92. The second-order valence-electron chi connectivity index (χ2n) is 3.49. The van der Waals surface area contributed by atoms with E-state index in [0.717, 1.165) is 0 Å². The van der Waals surface area contributed by atoms with Gasteiger partial charge in [0.1, 0.15) is 6.61 Å². The monoisotopic (exact) mass is 189 g/mol. The van der Waals surface area contributed by atoms with Gasteiger partial charge >= 0.3 is 5.97 Å². The molecule has 3 nitrogen and oxygen atoms in total. The summed E-state index contributed by atoms with van der Waals surface area (Å²) in [5.41, 5.74) is -0.0777. The van der Waals surface area contributed by atoms with Crippen molar-refractivity contribution in [2.75, 3.05) is 20.7 Å². The molecule has 0 saturated heterocycles. The normalized spacial score (nSPS) is 10.5. The van der Waals surface area contributed by atoms with Crippen molar-refractivity contribution < 1.29 is 9.53 Å². The second kappa shape index (κ2) is 6.89. The third-order valence-electron chi connectivity index (χ3n) is 1.84. The molecule has 0 fully saturated rings. The second-order valence-corrected chi connectivity index (χ2v) is 3.49. The molecule has 0 aliphatic carbocycles. The molecule has 0 N–H and O–H groups in total. The Bertz CT molecular complexity index is 142. The zero-order chi connectivity index (χ0) is 11.1. The van der Waals surface area contributed by atoms with Gasteiger partial charge in [-0.25, -0.2) is 0 Å². The molecule has 0 aromatic rings. The van der Waals surface area contributed by atoms with E-state index < -0.39 is 0 Å². The van der Waals surface area contributed by atoms with E-state index in [0.29, 0.717) is 6.61 Å². The Morgan fingerprint density at radius 2 is 1.69 bits per heavy atom. The van der Waals surface area contributed by atoms with Crippen molar-refractivity contribution >= 4 is 5.97 Å². The van der Waals surface area contributed by atoms with E-state index in [1.807, 2.05) is 46.7 Å². The molecular formula is C10H23NO2. The van der Waals surface area contributed by atoms with Gasteiger partial charge in [0.25, 0.3) is 0 Å². The lowest BCUT2D eigenvalue weighted by molar-refractivity contribution is -0.144. The molecular weight excluding hydrogens is 166 g/mol. The molecule has 0 amide bonds. The topological polar surface area (TPSA) is 29.5 Å². The highest BCUT2D eigenvalue weighted by Gasteiger charge is 2.21. The van der Waals surface area contributed by atoms with Gasteiger partial charge in [-0.2, -0.15) is 0 Å². The molecule has 0 spiro atoms. The van der Waals surface area contributed by atoms with E-state index in [4.69, 9.17) is 4.74 Å². The Morgan fingerprint density at radius 1 is 1.31 bits per heavy atom. The fourth-order valence-electron chi connectivity index (χ4n) is 0.407. The van der Waals surface area contributed by atoms with Crippen LogP contribution in [0, 0.1) is 0 Å². The average molecular weight is 189 g/mol. The van der Waals surface area contributed by atoms with Gasteiger partial charge in [0.15, 0.2) is 0 Å². The molecule has 0 atom stereocenters. The van der Waals surface area contributed by atoms with E-state index in [1.54, 1.807) is 0 Å². The van der Waals surface area contributed by atoms with Crippen LogP contribution in [0.1, 0.15) is 34.6 Å². The van der Waals surface area contributed by atoms with Gasteiger partial charge in [0, 0.05) is 12.5 Å². The molecule has 0 radical (unpaired) electrons. The van der Waals surface area contributed by atoms with Crippen LogP contribution in [-0.2, 0) is 9.53 Å². The Balaban J connectivity index is 0. The van der Waals surface area contributed by atoms with E-state index >= 15 is 0 Å². The molecule has 0 heterocycles. The largest absolute Gasteiger partial charge is 0.464 e. The number of hydrogen-bond donors (Lipinski definition) is 0. The fraction of sp³-hybridized carbons (Fsp3) is 0.900. The number of nitrogens with zero attached hydrogens (tertiary/aromatic N) is 1. The Morgan fingerprint density at radius 3 is 1.92 bits per heavy atom. The molecule has 0 rings (SSSR count). The van der Waals surface area contributed by atoms with E-state index in [-0.39, 0.29) is 11.5 Å². The number of hydrogen-bond acceptors (Lipinski definition) is 3. The minimum atomic E-state index is -0.222. The summed E-state index contributed by atoms with van der Waals surface area (Å²) in [6.45, 7) is 9.91. The number of carbonyl (C=O) groups is 1. The third-order valence-corrected chi connectivity index (χ3v) is 1.84. The smallest absolute Gasteiger partial charge is 0.302 e. The number of likely N-dealkylation sites (N-methyl/N-ethyl adjacent to an activating group) is 1. The fourth-order valence-corrected chi connectivity index (χ4v) is 0.407. The van der Waals surface area contributed by atoms with Crippen molar-refractivity contribution in [2.45, 2.75) is 40.2 Å². The SMILES string of the molecule is CC.CC(=O)OCC(C)(C)N(C)C. The molecule has 0 saturated carbocycles. The van der Waals surface area contributed by atoms with Crippen LogP contribution in [0.25, 0.3) is 0 Å². The summed E-state index contributed by atoms with van der Waals surface area (Å²) in [5.74, 6) is -0.222. The van der Waals surface area contributed by atoms with Gasteiger partial charge in [0.05, 0.1) is 0 Å². The first-order valence-electron chi connectivity index (χ1n) is 4.67. The molecule has 13 heavy (non-hydrogen) atoms. The summed E-state index contributed by atoms with van der Waals surface area (Å²) in [5, 5.41) is 0. The first-order valence-corrected chi connectivity index (χ1v) is 4.67. The predicted molar refractivity (Wildman–Crippen MR) is 55.7 cm³/mol. The van der Waals surface area contributed by atoms with Gasteiger partial charge in [0.2, 0.25) is 0 Å². The molecule has 0 aromatic carbocycles. The lowest BCUT2D eigenvalue weighted by atomic mass is 10.1. The lowest BCUT2D eigenvalue weighted by Gasteiger charge is -2.31. The summed E-state index contributed by atoms with van der Waals surface area (Å²) in [6, 6.07) is 0. The van der Waals surface area contributed by atoms with Gasteiger partial charge < -0.3 is 9.64 Å². The van der Waals surface area contributed by atoms with Crippen LogP contribution in [-0.4, -0.2) is 37.1 Å². The number of esters is 1. The summed E-state index contributed by atoms with van der Waals surface area (Å²) in [4.78, 5) is 12.5. The van der Waals surface area contributed by atoms with Crippen LogP contribution in [0.4, 0.5) is 0 Å². The van der Waals surface area contributed by atoms with Crippen LogP contribution in [0.2, 0.25) is 0 Å². The molecule has 80 valence electrons. The van der Waals surface area contributed by atoms with Crippen molar-refractivity contribution in [2.24, 2.45) is 0 Å². The van der Waals surface area contributed by atoms with Crippen molar-refractivity contribution in [3.63, 3.8) is 0 Å². The average Bonchev–Trinajstić information content (AvgIpc) is 2.05. The lowest BCUT2D eigenvalue weighted by Crippen LogP contribution is -2.42. The van der Waals surface area contributed by atoms with Crippen molar-refractivity contribution in [1.29, 1.82) is 0 Å². The summed E-state index contributed by atoms with van der Waals surface area (Å²) in [6.07, 6.45) is 0. The summed E-state index contributed by atoms with van der Waals surface area (Å²) < 4.78 is 4.89. The number of ether oxygens (including phenoxy) is 1. The van der Waals surface area contributed by atoms with E-state index in [2.05, 4.69) is 0 Å². The molecule has 3 heteroatoms. The van der Waals surface area contributed by atoms with Crippen LogP contribution in [0.5, 0.6) is 0 Å². The van der Waals surface area contributed by atoms with Gasteiger partial charge in [-0.3, -0.25) is 4.79 Å². The van der Waals surface area contributed by atoms with Crippen molar-refractivity contribution in [1.82, 2.24) is 4.90 Å². The van der Waals surface area contributed by atoms with Crippen LogP contribution >= 0.6 is 0 Å². The van der Waals surface area contributed by atoms with Crippen LogP contribution in [0.3, 0.4) is 0 Å². The van der Waals surface area contributed by atoms with Gasteiger partial charge in [-0.1, -0.05) is 13.8 Å². The maximum atomic E-state index is 10.5. The minimum absolute atomic E-state index is 0.0777. The molecule has 0 aromatic heterocycles. The van der Waals surface area contributed by atoms with E-state index in [1.165, 1.54) is 6.92 Å². The highest BCUT2D eigenvalue weighted by molar-refractivity contribution is 5.65. The van der Waals surface area contributed by atoms with Crippen LogP contribution in [0.15, 0.2) is 0 Å². The first-order chi connectivity index (χ1) is 5.86. The third kappa shape index (κ3) is 7.78. The zero-order valence-electron chi connectivity index (χ0n) is 9.97. The molecule has 0 aliphatic heterocycles. The Hall–Kier alpha value is -0.570. The van der Waals surface area contributed by atoms with Gasteiger partial charge in [-0.15, -0.1) is 0 Å². The predicted octanol–water partition coefficient (Wildman–Crippen LogP) is 1.92. The van der Waals surface area contributed by atoms with Crippen molar-refractivity contribution in [3.8, 4) is 0 Å². The number of carbonyl (C=O) groups excluding carboxylic acids is 1. The molecule has 0 unspecified atom stereocenters. The molecule has 0 bridgehead atoms. The standard InChI is InChI=1S/C8H17NO2.C2H6/c1-7(10)11-6-8(2,3)9(4)5;1-2/h6H2,1-5H3;1-2H3.